The van der Waals surface area contributed by atoms with Crippen LogP contribution in [0.3, 0.4) is 0 Å². The summed E-state index contributed by atoms with van der Waals surface area (Å²) in [5.41, 5.74) is 5.13. The third-order valence-corrected chi connectivity index (χ3v) is 7.24. The Labute approximate surface area is 242 Å². The van der Waals surface area contributed by atoms with Gasteiger partial charge in [0.2, 0.25) is 11.8 Å². The Morgan fingerprint density at radius 1 is 0.436 bits per heavy atom. The monoisotopic (exact) mass is 549 g/mol. The number of nitrogens with zero attached hydrogens (tertiary/aromatic N) is 2. The largest absolute Gasteiger partial charge is 0.273 e. The van der Waals surface area contributed by atoms with Crippen molar-refractivity contribution in [3.8, 4) is 0 Å². The van der Waals surface area contributed by atoms with Gasteiger partial charge in [-0.1, -0.05) is 142 Å². The van der Waals surface area contributed by atoms with Crippen molar-refractivity contribution in [1.82, 2.24) is 10.9 Å². The molecule has 0 bridgehead atoms. The smallest absolute Gasteiger partial charge is 0.240 e. The first-order valence-corrected chi connectivity index (χ1v) is 16.8. The van der Waals surface area contributed by atoms with Crippen LogP contribution >= 0.6 is 0 Å². The molecule has 0 aliphatic rings. The molecule has 0 aromatic carbocycles. The number of nitrogens with one attached hydrogen (secondary N) is 2. The van der Waals surface area contributed by atoms with Crippen molar-refractivity contribution in [3.63, 3.8) is 0 Å². The summed E-state index contributed by atoms with van der Waals surface area (Å²) in [6.07, 6.45) is 35.7. The van der Waals surface area contributed by atoms with Crippen LogP contribution in [-0.4, -0.2) is 24.2 Å². The van der Waals surface area contributed by atoms with Crippen LogP contribution in [-0.2, 0) is 9.59 Å². The minimum absolute atomic E-state index is 0.141. The zero-order valence-corrected chi connectivity index (χ0v) is 26.0. The van der Waals surface area contributed by atoms with Gasteiger partial charge in [0.15, 0.2) is 0 Å². The highest BCUT2D eigenvalue weighted by Crippen LogP contribution is 2.12. The molecule has 0 aliphatic carbocycles. The Morgan fingerprint density at radius 2 is 0.718 bits per heavy atom. The Bertz CT molecular complexity index is 542. The van der Waals surface area contributed by atoms with E-state index < -0.39 is 0 Å². The molecule has 228 valence electrons. The number of carbonyl (C=O) groups excluding carboxylic acids is 2. The van der Waals surface area contributed by atoms with Crippen molar-refractivity contribution >= 4 is 24.2 Å². The molecule has 0 unspecified atom stereocenters. The Balaban J connectivity index is 3.41. The second-order valence-electron chi connectivity index (χ2n) is 11.2. The zero-order chi connectivity index (χ0) is 28.5. The first-order chi connectivity index (χ1) is 19.2. The van der Waals surface area contributed by atoms with Crippen LogP contribution in [0.4, 0.5) is 0 Å². The minimum atomic E-state index is -0.141. The van der Waals surface area contributed by atoms with Gasteiger partial charge in [-0.25, -0.2) is 10.9 Å². The molecule has 0 aromatic rings. The predicted octanol–water partition coefficient (Wildman–Crippen LogP) is 9.76. The average Bonchev–Trinajstić information content (AvgIpc) is 2.93. The van der Waals surface area contributed by atoms with Crippen LogP contribution in [0.1, 0.15) is 187 Å². The summed E-state index contributed by atoms with van der Waals surface area (Å²) >= 11 is 0. The first-order valence-electron chi connectivity index (χ1n) is 16.8. The third kappa shape index (κ3) is 32.4. The summed E-state index contributed by atoms with van der Waals surface area (Å²) in [7, 11) is 0. The summed E-state index contributed by atoms with van der Waals surface area (Å²) in [5.74, 6) is -0.282. The second-order valence-corrected chi connectivity index (χ2v) is 11.2. The molecule has 39 heavy (non-hydrogen) atoms. The fourth-order valence-corrected chi connectivity index (χ4v) is 4.69. The maximum Gasteiger partial charge on any atom is 0.240 e. The van der Waals surface area contributed by atoms with Crippen LogP contribution in [0.2, 0.25) is 0 Å². The van der Waals surface area contributed by atoms with E-state index >= 15 is 0 Å². The highest BCUT2D eigenvalue weighted by molar-refractivity contribution is 5.79. The molecule has 0 spiro atoms. The zero-order valence-electron chi connectivity index (χ0n) is 26.0. The van der Waals surface area contributed by atoms with E-state index in [9.17, 15) is 9.59 Å². The standard InChI is InChI=1S/C33H64N4O2/c1-3-5-7-9-11-13-15-17-19-21-23-25-30-34-36-32(38)28-27-29-33(39)37-35-31-26-24-22-20-18-16-14-12-10-8-6-4-2/h30-31H,3-29H2,1-2H3,(H,36,38)(H,37,39)/b34-30-,35-31?. The van der Waals surface area contributed by atoms with Gasteiger partial charge in [0, 0.05) is 25.3 Å². The number of unbranched alkanes of at least 4 members (excludes halogenated alkanes) is 22. The number of hydrogen-bond donors (Lipinski definition) is 2. The van der Waals surface area contributed by atoms with Gasteiger partial charge in [0.1, 0.15) is 0 Å². The Kier molecular flexibility index (Phi) is 31.1. The minimum Gasteiger partial charge on any atom is -0.273 e. The van der Waals surface area contributed by atoms with Gasteiger partial charge in [-0.2, -0.15) is 10.2 Å². The summed E-state index contributed by atoms with van der Waals surface area (Å²) in [6, 6.07) is 0. The quantitative estimate of drug-likeness (QED) is 0.0532. The molecule has 2 N–H and O–H groups in total. The molecular formula is C33H64N4O2. The van der Waals surface area contributed by atoms with Gasteiger partial charge < -0.3 is 0 Å². The van der Waals surface area contributed by atoms with E-state index in [1.165, 1.54) is 128 Å². The number of rotatable bonds is 30. The molecule has 0 atom stereocenters. The number of hydrazone groups is 2. The molecule has 0 saturated heterocycles. The van der Waals surface area contributed by atoms with E-state index in [0.717, 1.165) is 25.7 Å². The van der Waals surface area contributed by atoms with Gasteiger partial charge in [-0.3, -0.25) is 9.59 Å². The lowest BCUT2D eigenvalue weighted by Crippen LogP contribution is -2.20. The summed E-state index contributed by atoms with van der Waals surface area (Å²) < 4.78 is 0. The Hall–Kier alpha value is -1.72. The van der Waals surface area contributed by atoms with Gasteiger partial charge in [0.25, 0.3) is 0 Å². The fraction of sp³-hybridized carbons (Fsp3) is 0.879. The Morgan fingerprint density at radius 3 is 1.03 bits per heavy atom. The van der Waals surface area contributed by atoms with Gasteiger partial charge >= 0.3 is 0 Å². The topological polar surface area (TPSA) is 82.9 Å². The molecule has 0 aromatic heterocycles. The van der Waals surface area contributed by atoms with Gasteiger partial charge in [-0.15, -0.1) is 0 Å². The van der Waals surface area contributed by atoms with Crippen LogP contribution in [0.5, 0.6) is 0 Å². The van der Waals surface area contributed by atoms with E-state index in [2.05, 4.69) is 34.9 Å². The molecular weight excluding hydrogens is 484 g/mol. The molecule has 0 fully saturated rings. The molecule has 2 amide bonds. The van der Waals surface area contributed by atoms with E-state index in [1.54, 1.807) is 12.4 Å². The van der Waals surface area contributed by atoms with E-state index in [0.29, 0.717) is 19.3 Å². The van der Waals surface area contributed by atoms with Crippen LogP contribution in [0, 0.1) is 0 Å². The van der Waals surface area contributed by atoms with E-state index in [1.807, 2.05) is 0 Å². The highest BCUT2D eigenvalue weighted by Gasteiger charge is 2.03. The maximum atomic E-state index is 11.9. The summed E-state index contributed by atoms with van der Waals surface area (Å²) in [4.78, 5) is 23.7. The summed E-state index contributed by atoms with van der Waals surface area (Å²) in [6.45, 7) is 4.53. The average molecular weight is 549 g/mol. The maximum absolute atomic E-state index is 11.9. The second kappa shape index (κ2) is 32.5. The molecule has 0 radical (unpaired) electrons. The van der Waals surface area contributed by atoms with E-state index in [4.69, 9.17) is 0 Å². The van der Waals surface area contributed by atoms with Crippen molar-refractivity contribution < 1.29 is 9.59 Å². The molecule has 0 saturated carbocycles. The normalized spacial score (nSPS) is 11.5. The molecule has 0 heterocycles. The lowest BCUT2D eigenvalue weighted by molar-refractivity contribution is -0.122. The lowest BCUT2D eigenvalue weighted by atomic mass is 10.1. The number of amides is 2. The van der Waals surface area contributed by atoms with Gasteiger partial charge in [0.05, 0.1) is 0 Å². The molecule has 6 heteroatoms. The van der Waals surface area contributed by atoms with Crippen LogP contribution in [0.15, 0.2) is 10.2 Å². The molecule has 6 nitrogen and oxygen atoms in total. The fourth-order valence-electron chi connectivity index (χ4n) is 4.69. The van der Waals surface area contributed by atoms with Crippen molar-refractivity contribution in [2.24, 2.45) is 10.2 Å². The van der Waals surface area contributed by atoms with Crippen molar-refractivity contribution in [3.05, 3.63) is 0 Å². The van der Waals surface area contributed by atoms with Crippen molar-refractivity contribution in [2.75, 3.05) is 0 Å². The van der Waals surface area contributed by atoms with Crippen LogP contribution in [0.25, 0.3) is 0 Å². The molecule has 0 rings (SSSR count). The number of carbonyl (C=O) groups is 2. The lowest BCUT2D eigenvalue weighted by Gasteiger charge is -2.02. The SMILES string of the molecule is CCCCCCCCCCCCCC=NNC(=O)CCCC(=O)N/N=C\CCCCCCCCCCCCC. The third-order valence-electron chi connectivity index (χ3n) is 7.24. The summed E-state index contributed by atoms with van der Waals surface area (Å²) in [5, 5.41) is 8.05. The first kappa shape index (κ1) is 37.3. The number of hydrogen-bond acceptors (Lipinski definition) is 4. The van der Waals surface area contributed by atoms with Crippen LogP contribution < -0.4 is 10.9 Å². The van der Waals surface area contributed by atoms with Crippen molar-refractivity contribution in [2.45, 2.75) is 187 Å². The predicted molar refractivity (Wildman–Crippen MR) is 169 cm³/mol. The van der Waals surface area contributed by atoms with Gasteiger partial charge in [-0.05, 0) is 32.1 Å². The highest BCUT2D eigenvalue weighted by atomic mass is 16.2. The van der Waals surface area contributed by atoms with Crippen molar-refractivity contribution in [1.29, 1.82) is 0 Å². The molecule has 0 aliphatic heterocycles. The van der Waals surface area contributed by atoms with E-state index in [-0.39, 0.29) is 11.8 Å².